The number of amides is 2. The lowest BCUT2D eigenvalue weighted by Crippen LogP contribution is -2.34. The van der Waals surface area contributed by atoms with Gasteiger partial charge in [-0.05, 0) is 13.8 Å². The summed E-state index contributed by atoms with van der Waals surface area (Å²) in [7, 11) is 1.80. The Labute approximate surface area is 95.4 Å². The van der Waals surface area contributed by atoms with Crippen LogP contribution < -0.4 is 11.1 Å². The summed E-state index contributed by atoms with van der Waals surface area (Å²) in [6, 6.07) is -0.140. The topological polar surface area (TPSA) is 76.2 Å². The number of nitrogens with two attached hydrogens (primary N) is 1. The van der Waals surface area contributed by atoms with Gasteiger partial charge in [0.2, 0.25) is 0 Å². The third kappa shape index (κ3) is 2.73. The van der Waals surface area contributed by atoms with Gasteiger partial charge in [0, 0.05) is 38.4 Å². The number of aromatic nitrogens is 2. The standard InChI is InChI=1S/C10H19N5O/c1-4-15(5-2)10(16)12-9-8(6-11)7-14(3)13-9/h7H,4-6,11H2,1-3H3,(H,12,13,16). The number of carbonyl (C=O) groups excluding carboxylic acids is 1. The first-order valence-electron chi connectivity index (χ1n) is 5.40. The highest BCUT2D eigenvalue weighted by Gasteiger charge is 2.13. The summed E-state index contributed by atoms with van der Waals surface area (Å²) in [5, 5.41) is 6.91. The van der Waals surface area contributed by atoms with E-state index in [1.165, 1.54) is 0 Å². The predicted octanol–water partition coefficient (Wildman–Crippen LogP) is 0.752. The van der Waals surface area contributed by atoms with Gasteiger partial charge in [0.05, 0.1) is 0 Å². The zero-order valence-corrected chi connectivity index (χ0v) is 10.0. The fraction of sp³-hybridized carbons (Fsp3) is 0.600. The number of carbonyl (C=O) groups is 1. The van der Waals surface area contributed by atoms with Crippen molar-refractivity contribution in [3.63, 3.8) is 0 Å². The molecule has 6 heteroatoms. The first-order chi connectivity index (χ1) is 7.62. The van der Waals surface area contributed by atoms with E-state index >= 15 is 0 Å². The third-order valence-corrected chi connectivity index (χ3v) is 2.40. The molecule has 1 aromatic rings. The van der Waals surface area contributed by atoms with Gasteiger partial charge in [0.15, 0.2) is 5.82 Å². The molecule has 1 heterocycles. The van der Waals surface area contributed by atoms with Crippen LogP contribution in [0, 0.1) is 0 Å². The number of nitrogens with one attached hydrogen (secondary N) is 1. The number of nitrogens with zero attached hydrogens (tertiary/aromatic N) is 3. The van der Waals surface area contributed by atoms with E-state index in [0.717, 1.165) is 5.56 Å². The summed E-state index contributed by atoms with van der Waals surface area (Å²) < 4.78 is 1.64. The minimum absolute atomic E-state index is 0.140. The van der Waals surface area contributed by atoms with Crippen LogP contribution in [0.25, 0.3) is 0 Å². The van der Waals surface area contributed by atoms with Crippen molar-refractivity contribution in [1.82, 2.24) is 14.7 Å². The number of urea groups is 1. The number of anilines is 1. The molecule has 0 saturated carbocycles. The van der Waals surface area contributed by atoms with Gasteiger partial charge in [-0.15, -0.1) is 0 Å². The molecule has 0 aliphatic heterocycles. The van der Waals surface area contributed by atoms with E-state index in [9.17, 15) is 4.79 Å². The van der Waals surface area contributed by atoms with E-state index in [1.54, 1.807) is 22.8 Å². The molecule has 2 amide bonds. The molecule has 0 bridgehead atoms. The molecule has 0 aliphatic carbocycles. The van der Waals surface area contributed by atoms with Crippen LogP contribution in [0.3, 0.4) is 0 Å². The van der Waals surface area contributed by atoms with Gasteiger partial charge >= 0.3 is 6.03 Å². The second-order valence-corrected chi connectivity index (χ2v) is 3.48. The van der Waals surface area contributed by atoms with Crippen LogP contribution in [0.1, 0.15) is 19.4 Å². The lowest BCUT2D eigenvalue weighted by molar-refractivity contribution is 0.217. The molecule has 1 rings (SSSR count). The Morgan fingerprint density at radius 3 is 2.69 bits per heavy atom. The predicted molar refractivity (Wildman–Crippen MR) is 63.0 cm³/mol. The molecule has 0 fully saturated rings. The number of aryl methyl sites for hydroxylation is 1. The monoisotopic (exact) mass is 225 g/mol. The molecular weight excluding hydrogens is 206 g/mol. The number of rotatable bonds is 4. The van der Waals surface area contributed by atoms with Crippen LogP contribution in [-0.4, -0.2) is 33.8 Å². The average Bonchev–Trinajstić information content (AvgIpc) is 2.60. The third-order valence-electron chi connectivity index (χ3n) is 2.40. The van der Waals surface area contributed by atoms with Crippen molar-refractivity contribution < 1.29 is 4.79 Å². The molecule has 1 aromatic heterocycles. The van der Waals surface area contributed by atoms with Crippen LogP contribution in [-0.2, 0) is 13.6 Å². The van der Waals surface area contributed by atoms with E-state index in [-0.39, 0.29) is 6.03 Å². The Bertz CT molecular complexity index is 356. The summed E-state index contributed by atoms with van der Waals surface area (Å²) in [4.78, 5) is 13.5. The Morgan fingerprint density at radius 1 is 1.56 bits per heavy atom. The van der Waals surface area contributed by atoms with Crippen molar-refractivity contribution in [1.29, 1.82) is 0 Å². The summed E-state index contributed by atoms with van der Waals surface area (Å²) in [6.07, 6.45) is 1.80. The van der Waals surface area contributed by atoms with E-state index in [1.807, 2.05) is 13.8 Å². The van der Waals surface area contributed by atoms with E-state index < -0.39 is 0 Å². The molecular formula is C10H19N5O. The maximum absolute atomic E-state index is 11.8. The second kappa shape index (κ2) is 5.50. The number of hydrogen-bond donors (Lipinski definition) is 2. The van der Waals surface area contributed by atoms with Gasteiger partial charge in [-0.2, -0.15) is 5.10 Å². The molecule has 6 nitrogen and oxygen atoms in total. The quantitative estimate of drug-likeness (QED) is 0.794. The van der Waals surface area contributed by atoms with Crippen molar-refractivity contribution in [3.8, 4) is 0 Å². The maximum atomic E-state index is 11.8. The van der Waals surface area contributed by atoms with Gasteiger partial charge in [0.1, 0.15) is 0 Å². The minimum atomic E-state index is -0.140. The van der Waals surface area contributed by atoms with Crippen LogP contribution in [0.4, 0.5) is 10.6 Å². The maximum Gasteiger partial charge on any atom is 0.323 e. The molecule has 90 valence electrons. The Balaban J connectivity index is 2.75. The summed E-state index contributed by atoms with van der Waals surface area (Å²) in [5.41, 5.74) is 6.40. The molecule has 0 radical (unpaired) electrons. The van der Waals surface area contributed by atoms with Gasteiger partial charge in [-0.25, -0.2) is 4.79 Å². The molecule has 0 atom stereocenters. The first-order valence-corrected chi connectivity index (χ1v) is 5.40. The molecule has 3 N–H and O–H groups in total. The van der Waals surface area contributed by atoms with E-state index in [2.05, 4.69) is 10.4 Å². The molecule has 0 spiro atoms. The fourth-order valence-corrected chi connectivity index (χ4v) is 1.48. The highest BCUT2D eigenvalue weighted by molar-refractivity contribution is 5.88. The first kappa shape index (κ1) is 12.5. The van der Waals surface area contributed by atoms with E-state index in [4.69, 9.17) is 5.73 Å². The molecule has 0 aromatic carbocycles. The van der Waals surface area contributed by atoms with Gasteiger partial charge in [-0.1, -0.05) is 0 Å². The zero-order valence-electron chi connectivity index (χ0n) is 10.0. The van der Waals surface area contributed by atoms with Gasteiger partial charge < -0.3 is 10.6 Å². The highest BCUT2D eigenvalue weighted by Crippen LogP contribution is 2.12. The lowest BCUT2D eigenvalue weighted by Gasteiger charge is -2.18. The van der Waals surface area contributed by atoms with Crippen molar-refractivity contribution in [2.75, 3.05) is 18.4 Å². The molecule has 0 unspecified atom stereocenters. The normalized spacial score (nSPS) is 10.2. The second-order valence-electron chi connectivity index (χ2n) is 3.48. The average molecular weight is 225 g/mol. The SMILES string of the molecule is CCN(CC)C(=O)Nc1nn(C)cc1CN. The summed E-state index contributed by atoms with van der Waals surface area (Å²) >= 11 is 0. The highest BCUT2D eigenvalue weighted by atomic mass is 16.2. The summed E-state index contributed by atoms with van der Waals surface area (Å²) in [6.45, 7) is 5.58. The Morgan fingerprint density at radius 2 is 2.19 bits per heavy atom. The zero-order chi connectivity index (χ0) is 12.1. The Hall–Kier alpha value is -1.56. The lowest BCUT2D eigenvalue weighted by atomic mass is 10.3. The van der Waals surface area contributed by atoms with Crippen LogP contribution in [0.5, 0.6) is 0 Å². The smallest absolute Gasteiger partial charge is 0.323 e. The molecule has 0 saturated heterocycles. The van der Waals surface area contributed by atoms with Gasteiger partial charge in [-0.3, -0.25) is 10.00 Å². The summed E-state index contributed by atoms with van der Waals surface area (Å²) in [5.74, 6) is 0.543. The Kier molecular flexibility index (Phi) is 4.30. The molecule has 16 heavy (non-hydrogen) atoms. The van der Waals surface area contributed by atoms with Crippen molar-refractivity contribution >= 4 is 11.8 Å². The van der Waals surface area contributed by atoms with Crippen molar-refractivity contribution in [2.45, 2.75) is 20.4 Å². The minimum Gasteiger partial charge on any atom is -0.326 e. The van der Waals surface area contributed by atoms with Crippen LogP contribution in [0.15, 0.2) is 6.20 Å². The van der Waals surface area contributed by atoms with Crippen molar-refractivity contribution in [2.24, 2.45) is 12.8 Å². The molecule has 0 aliphatic rings. The number of hydrogen-bond acceptors (Lipinski definition) is 3. The fourth-order valence-electron chi connectivity index (χ4n) is 1.48. The largest absolute Gasteiger partial charge is 0.326 e. The van der Waals surface area contributed by atoms with Gasteiger partial charge in [0.25, 0.3) is 0 Å². The van der Waals surface area contributed by atoms with Crippen LogP contribution in [0.2, 0.25) is 0 Å². The van der Waals surface area contributed by atoms with E-state index in [0.29, 0.717) is 25.5 Å². The van der Waals surface area contributed by atoms with Crippen LogP contribution >= 0.6 is 0 Å². The van der Waals surface area contributed by atoms with Crippen molar-refractivity contribution in [3.05, 3.63) is 11.8 Å².